The second kappa shape index (κ2) is 6.05. The van der Waals surface area contributed by atoms with Gasteiger partial charge in [0.2, 0.25) is 0 Å². The monoisotopic (exact) mass is 297 g/mol. The Hall–Kier alpha value is -1.94. The molecule has 2 unspecified atom stereocenters. The maximum absolute atomic E-state index is 12.9. The number of piperidine rings is 1. The Morgan fingerprint density at radius 1 is 1.36 bits per heavy atom. The fourth-order valence-electron chi connectivity index (χ4n) is 3.21. The third kappa shape index (κ3) is 2.83. The van der Waals surface area contributed by atoms with Gasteiger partial charge in [-0.15, -0.1) is 0 Å². The first-order valence-corrected chi connectivity index (χ1v) is 7.97. The molecule has 0 saturated carbocycles. The van der Waals surface area contributed by atoms with Crippen LogP contribution in [0.2, 0.25) is 0 Å². The lowest BCUT2D eigenvalue weighted by atomic mass is 9.91. The SMILES string of the molecule is Cc1ccc2cccc(C(=O)N3CCCC(C(C)N)C3)c2n1. The van der Waals surface area contributed by atoms with E-state index in [0.717, 1.165) is 42.5 Å². The number of carbonyl (C=O) groups excluding carboxylic acids is 1. The van der Waals surface area contributed by atoms with E-state index in [9.17, 15) is 4.79 Å². The summed E-state index contributed by atoms with van der Waals surface area (Å²) in [4.78, 5) is 19.5. The van der Waals surface area contributed by atoms with Gasteiger partial charge in [0.15, 0.2) is 0 Å². The fourth-order valence-corrected chi connectivity index (χ4v) is 3.21. The number of aryl methyl sites for hydroxylation is 1. The summed E-state index contributed by atoms with van der Waals surface area (Å²) in [5, 5.41) is 1.01. The molecule has 4 nitrogen and oxygen atoms in total. The van der Waals surface area contributed by atoms with E-state index in [0.29, 0.717) is 11.5 Å². The number of carbonyl (C=O) groups is 1. The van der Waals surface area contributed by atoms with Gasteiger partial charge in [-0.2, -0.15) is 0 Å². The Labute approximate surface area is 131 Å². The largest absolute Gasteiger partial charge is 0.338 e. The van der Waals surface area contributed by atoms with Gasteiger partial charge in [0, 0.05) is 30.2 Å². The number of rotatable bonds is 2. The molecule has 0 radical (unpaired) electrons. The number of fused-ring (bicyclic) bond motifs is 1. The van der Waals surface area contributed by atoms with Gasteiger partial charge in [-0.3, -0.25) is 9.78 Å². The van der Waals surface area contributed by atoms with E-state index in [1.54, 1.807) is 0 Å². The number of hydrogen-bond donors (Lipinski definition) is 1. The first-order valence-electron chi connectivity index (χ1n) is 7.97. The Balaban J connectivity index is 1.93. The van der Waals surface area contributed by atoms with Crippen molar-refractivity contribution in [3.05, 3.63) is 41.6 Å². The predicted molar refractivity (Wildman–Crippen MR) is 88.8 cm³/mol. The Kier molecular flexibility index (Phi) is 4.12. The number of hydrogen-bond acceptors (Lipinski definition) is 3. The van der Waals surface area contributed by atoms with Crippen LogP contribution >= 0.6 is 0 Å². The molecule has 22 heavy (non-hydrogen) atoms. The molecule has 4 heteroatoms. The molecule has 2 heterocycles. The molecule has 2 N–H and O–H groups in total. The lowest BCUT2D eigenvalue weighted by Gasteiger charge is -2.34. The zero-order valence-corrected chi connectivity index (χ0v) is 13.2. The maximum Gasteiger partial charge on any atom is 0.256 e. The van der Waals surface area contributed by atoms with Crippen molar-refractivity contribution in [2.75, 3.05) is 13.1 Å². The summed E-state index contributed by atoms with van der Waals surface area (Å²) in [5.74, 6) is 0.469. The number of amides is 1. The third-order valence-electron chi connectivity index (χ3n) is 4.58. The fraction of sp³-hybridized carbons (Fsp3) is 0.444. The van der Waals surface area contributed by atoms with E-state index in [2.05, 4.69) is 4.98 Å². The molecular weight excluding hydrogens is 274 g/mol. The molecule has 1 aromatic heterocycles. The normalized spacial score (nSPS) is 20.1. The van der Waals surface area contributed by atoms with E-state index in [-0.39, 0.29) is 11.9 Å². The summed E-state index contributed by atoms with van der Waals surface area (Å²) in [6.07, 6.45) is 2.13. The number of pyridine rings is 1. The summed E-state index contributed by atoms with van der Waals surface area (Å²) in [6.45, 7) is 5.54. The quantitative estimate of drug-likeness (QED) is 0.927. The van der Waals surface area contributed by atoms with Gasteiger partial charge in [-0.05, 0) is 44.7 Å². The van der Waals surface area contributed by atoms with E-state index in [1.165, 1.54) is 0 Å². The molecule has 116 valence electrons. The molecule has 1 fully saturated rings. The topological polar surface area (TPSA) is 59.2 Å². The van der Waals surface area contributed by atoms with Crippen LogP contribution < -0.4 is 5.73 Å². The summed E-state index contributed by atoms with van der Waals surface area (Å²) >= 11 is 0. The van der Waals surface area contributed by atoms with Crippen molar-refractivity contribution in [1.82, 2.24) is 9.88 Å². The average Bonchev–Trinajstić information content (AvgIpc) is 2.53. The van der Waals surface area contributed by atoms with Crippen molar-refractivity contribution in [3.8, 4) is 0 Å². The highest BCUT2D eigenvalue weighted by Gasteiger charge is 2.27. The van der Waals surface area contributed by atoms with Crippen LogP contribution in [0.4, 0.5) is 0 Å². The summed E-state index contributed by atoms with van der Waals surface area (Å²) in [7, 11) is 0. The van der Waals surface area contributed by atoms with Crippen molar-refractivity contribution in [3.63, 3.8) is 0 Å². The molecule has 1 aliphatic heterocycles. The first kappa shape index (κ1) is 15.0. The second-order valence-corrected chi connectivity index (χ2v) is 6.34. The van der Waals surface area contributed by atoms with Gasteiger partial charge < -0.3 is 10.6 Å². The van der Waals surface area contributed by atoms with Gasteiger partial charge in [-0.25, -0.2) is 0 Å². The second-order valence-electron chi connectivity index (χ2n) is 6.34. The summed E-state index contributed by atoms with van der Waals surface area (Å²) in [6, 6.07) is 9.94. The van der Waals surface area contributed by atoms with Crippen LogP contribution in [0.25, 0.3) is 10.9 Å². The van der Waals surface area contributed by atoms with Gasteiger partial charge in [0.05, 0.1) is 11.1 Å². The average molecular weight is 297 g/mol. The van der Waals surface area contributed by atoms with Crippen molar-refractivity contribution in [2.45, 2.75) is 32.7 Å². The van der Waals surface area contributed by atoms with Crippen LogP contribution in [0, 0.1) is 12.8 Å². The number of likely N-dealkylation sites (tertiary alicyclic amines) is 1. The van der Waals surface area contributed by atoms with Crippen LogP contribution in [-0.2, 0) is 0 Å². The molecule has 1 aromatic carbocycles. The Morgan fingerprint density at radius 2 is 2.18 bits per heavy atom. The van der Waals surface area contributed by atoms with Crippen molar-refractivity contribution < 1.29 is 4.79 Å². The Morgan fingerprint density at radius 3 is 2.95 bits per heavy atom. The van der Waals surface area contributed by atoms with Gasteiger partial charge in [0.25, 0.3) is 5.91 Å². The molecule has 0 bridgehead atoms. The molecule has 1 saturated heterocycles. The van der Waals surface area contributed by atoms with Gasteiger partial charge >= 0.3 is 0 Å². The lowest BCUT2D eigenvalue weighted by molar-refractivity contribution is 0.0663. The lowest BCUT2D eigenvalue weighted by Crippen LogP contribution is -2.45. The highest BCUT2D eigenvalue weighted by Crippen LogP contribution is 2.23. The van der Waals surface area contributed by atoms with Crippen LogP contribution in [0.15, 0.2) is 30.3 Å². The van der Waals surface area contributed by atoms with Crippen LogP contribution in [0.1, 0.15) is 35.8 Å². The third-order valence-corrected chi connectivity index (χ3v) is 4.58. The molecule has 0 aliphatic carbocycles. The summed E-state index contributed by atoms with van der Waals surface area (Å²) < 4.78 is 0. The van der Waals surface area contributed by atoms with Crippen molar-refractivity contribution >= 4 is 16.8 Å². The standard InChI is InChI=1S/C18H23N3O/c1-12-8-9-14-5-3-7-16(17(14)20-12)18(22)21-10-4-6-15(11-21)13(2)19/h3,5,7-9,13,15H,4,6,10-11,19H2,1-2H3. The van der Waals surface area contributed by atoms with Crippen LogP contribution in [-0.4, -0.2) is 34.9 Å². The number of benzene rings is 1. The number of nitrogens with zero attached hydrogens (tertiary/aromatic N) is 2. The molecule has 2 aromatic rings. The van der Waals surface area contributed by atoms with Crippen LogP contribution in [0.3, 0.4) is 0 Å². The minimum absolute atomic E-state index is 0.0778. The first-order chi connectivity index (χ1) is 10.6. The minimum atomic E-state index is 0.0778. The molecule has 2 atom stereocenters. The molecule has 0 spiro atoms. The maximum atomic E-state index is 12.9. The number of aromatic nitrogens is 1. The van der Waals surface area contributed by atoms with Crippen LogP contribution in [0.5, 0.6) is 0 Å². The minimum Gasteiger partial charge on any atom is -0.338 e. The molecule has 1 amide bonds. The number of nitrogens with two attached hydrogens (primary N) is 1. The van der Waals surface area contributed by atoms with Crippen molar-refractivity contribution in [2.24, 2.45) is 11.7 Å². The predicted octanol–water partition coefficient (Wildman–Crippen LogP) is 2.74. The molecule has 1 aliphatic rings. The van der Waals surface area contributed by atoms with Crippen molar-refractivity contribution in [1.29, 1.82) is 0 Å². The molecule has 3 rings (SSSR count). The van der Waals surface area contributed by atoms with Gasteiger partial charge in [-0.1, -0.05) is 18.2 Å². The van der Waals surface area contributed by atoms with E-state index >= 15 is 0 Å². The highest BCUT2D eigenvalue weighted by molar-refractivity contribution is 6.05. The van der Waals surface area contributed by atoms with E-state index in [1.807, 2.05) is 49.1 Å². The summed E-state index contributed by atoms with van der Waals surface area (Å²) in [5.41, 5.74) is 8.46. The van der Waals surface area contributed by atoms with E-state index < -0.39 is 0 Å². The zero-order valence-electron chi connectivity index (χ0n) is 13.2. The Bertz CT molecular complexity index is 696. The smallest absolute Gasteiger partial charge is 0.256 e. The van der Waals surface area contributed by atoms with Gasteiger partial charge in [0.1, 0.15) is 0 Å². The zero-order chi connectivity index (χ0) is 15.7. The highest BCUT2D eigenvalue weighted by atomic mass is 16.2. The number of para-hydroxylation sites is 1. The molecular formula is C18H23N3O. The van der Waals surface area contributed by atoms with E-state index in [4.69, 9.17) is 5.73 Å².